The highest BCUT2D eigenvalue weighted by Crippen LogP contribution is 2.52. The molecule has 5 rings (SSSR count). The molecule has 5 heteroatoms. The standard InChI is InChI=1S/C31H34ClNO3/c1-18-6-8-19(9-7-18)17-36-26-11-10-20(32)12-21(26)27-28-22(13-30(2,3)15-24(28)34)33-23-14-31(4,5)16-25(35)29(23)27/h6-12,27,33H,13-17H2,1-5H3. The van der Waals surface area contributed by atoms with E-state index in [0.29, 0.717) is 41.4 Å². The second-order valence-corrected chi connectivity index (χ2v) is 12.6. The van der Waals surface area contributed by atoms with Crippen molar-refractivity contribution in [3.8, 4) is 5.75 Å². The van der Waals surface area contributed by atoms with Gasteiger partial charge < -0.3 is 10.1 Å². The number of hydrogen-bond donors (Lipinski definition) is 1. The van der Waals surface area contributed by atoms with Crippen LogP contribution in [-0.4, -0.2) is 11.6 Å². The number of carbonyl (C=O) groups is 2. The summed E-state index contributed by atoms with van der Waals surface area (Å²) in [5.41, 5.74) is 6.03. The fraction of sp³-hybridized carbons (Fsp3) is 0.419. The monoisotopic (exact) mass is 503 g/mol. The van der Waals surface area contributed by atoms with Crippen molar-refractivity contribution < 1.29 is 14.3 Å². The number of dihydropyridines is 1. The van der Waals surface area contributed by atoms with E-state index in [9.17, 15) is 9.59 Å². The van der Waals surface area contributed by atoms with Crippen molar-refractivity contribution in [3.63, 3.8) is 0 Å². The molecule has 0 amide bonds. The first-order chi connectivity index (χ1) is 16.9. The zero-order valence-electron chi connectivity index (χ0n) is 21.8. The maximum Gasteiger partial charge on any atom is 0.162 e. The van der Waals surface area contributed by atoms with Crippen molar-refractivity contribution in [1.29, 1.82) is 0 Å². The molecule has 2 aromatic rings. The molecular formula is C31H34ClNO3. The lowest BCUT2D eigenvalue weighted by Crippen LogP contribution is -2.42. The molecule has 0 fully saturated rings. The molecule has 0 bridgehead atoms. The van der Waals surface area contributed by atoms with Gasteiger partial charge in [0.15, 0.2) is 11.6 Å². The second kappa shape index (κ2) is 8.92. The van der Waals surface area contributed by atoms with Crippen LogP contribution in [0.25, 0.3) is 0 Å². The van der Waals surface area contributed by atoms with E-state index in [-0.39, 0.29) is 22.4 Å². The van der Waals surface area contributed by atoms with Gasteiger partial charge in [-0.1, -0.05) is 69.1 Å². The highest BCUT2D eigenvalue weighted by molar-refractivity contribution is 6.30. The predicted octanol–water partition coefficient (Wildman–Crippen LogP) is 7.20. The smallest absolute Gasteiger partial charge is 0.162 e. The van der Waals surface area contributed by atoms with Gasteiger partial charge in [0.25, 0.3) is 0 Å². The molecule has 2 aliphatic carbocycles. The number of halogens is 1. The number of Topliss-reactive ketones (excluding diaryl/α,β-unsaturated/α-hetero) is 2. The SMILES string of the molecule is Cc1ccc(COc2ccc(Cl)cc2C2C3=C(CC(C)(C)CC3=O)NC3=C2C(=O)CC(C)(C)C3)cc1. The van der Waals surface area contributed by atoms with Gasteiger partial charge in [-0.3, -0.25) is 9.59 Å². The van der Waals surface area contributed by atoms with Crippen LogP contribution in [0.3, 0.4) is 0 Å². The van der Waals surface area contributed by atoms with Gasteiger partial charge in [-0.05, 0) is 54.4 Å². The molecule has 0 unspecified atom stereocenters. The largest absolute Gasteiger partial charge is 0.489 e. The summed E-state index contributed by atoms with van der Waals surface area (Å²) in [6, 6.07) is 13.8. The molecule has 0 atom stereocenters. The van der Waals surface area contributed by atoms with Crippen LogP contribution in [0, 0.1) is 17.8 Å². The van der Waals surface area contributed by atoms with Gasteiger partial charge in [0.1, 0.15) is 12.4 Å². The van der Waals surface area contributed by atoms with Crippen molar-refractivity contribution in [1.82, 2.24) is 5.32 Å². The van der Waals surface area contributed by atoms with Gasteiger partial charge in [-0.15, -0.1) is 0 Å². The summed E-state index contributed by atoms with van der Waals surface area (Å²) in [6.07, 6.45) is 2.42. The molecule has 1 heterocycles. The minimum absolute atomic E-state index is 0.0902. The van der Waals surface area contributed by atoms with E-state index in [2.05, 4.69) is 64.2 Å². The average molecular weight is 504 g/mol. The molecule has 2 aromatic carbocycles. The number of benzene rings is 2. The quantitative estimate of drug-likeness (QED) is 0.479. The molecule has 0 saturated carbocycles. The van der Waals surface area contributed by atoms with Crippen molar-refractivity contribution in [2.45, 2.75) is 72.8 Å². The van der Waals surface area contributed by atoms with E-state index < -0.39 is 5.92 Å². The molecular weight excluding hydrogens is 470 g/mol. The van der Waals surface area contributed by atoms with Gasteiger partial charge in [0.05, 0.1) is 0 Å². The molecule has 0 saturated heterocycles. The van der Waals surface area contributed by atoms with Crippen LogP contribution in [0.4, 0.5) is 0 Å². The van der Waals surface area contributed by atoms with Crippen molar-refractivity contribution >= 4 is 23.2 Å². The molecule has 1 N–H and O–H groups in total. The molecule has 3 aliphatic rings. The zero-order valence-corrected chi connectivity index (χ0v) is 22.5. The van der Waals surface area contributed by atoms with Crippen LogP contribution in [0.2, 0.25) is 5.02 Å². The van der Waals surface area contributed by atoms with Crippen molar-refractivity contribution in [2.24, 2.45) is 10.8 Å². The third-order valence-corrected chi connectivity index (χ3v) is 7.75. The van der Waals surface area contributed by atoms with Gasteiger partial charge in [0, 0.05) is 51.9 Å². The normalized spacial score (nSPS) is 21.2. The Labute approximate surface area is 218 Å². The number of allylic oxidation sites excluding steroid dienone is 4. The summed E-state index contributed by atoms with van der Waals surface area (Å²) in [5.74, 6) is 0.357. The molecule has 0 aromatic heterocycles. The van der Waals surface area contributed by atoms with Gasteiger partial charge in [-0.25, -0.2) is 0 Å². The third-order valence-electron chi connectivity index (χ3n) is 7.52. The van der Waals surface area contributed by atoms with Crippen molar-refractivity contribution in [2.75, 3.05) is 0 Å². The minimum atomic E-state index is -0.477. The Morgan fingerprint density at radius 2 is 1.42 bits per heavy atom. The fourth-order valence-electron chi connectivity index (χ4n) is 5.92. The minimum Gasteiger partial charge on any atom is -0.489 e. The highest BCUT2D eigenvalue weighted by atomic mass is 35.5. The highest BCUT2D eigenvalue weighted by Gasteiger charge is 2.47. The zero-order chi connectivity index (χ0) is 25.8. The van der Waals surface area contributed by atoms with Crippen LogP contribution >= 0.6 is 11.6 Å². The molecule has 0 radical (unpaired) electrons. The van der Waals surface area contributed by atoms with Gasteiger partial charge >= 0.3 is 0 Å². The number of hydrogen-bond acceptors (Lipinski definition) is 4. The third kappa shape index (κ3) is 4.76. The van der Waals surface area contributed by atoms with E-state index >= 15 is 0 Å². The first-order valence-electron chi connectivity index (χ1n) is 12.7. The second-order valence-electron chi connectivity index (χ2n) is 12.2. The predicted molar refractivity (Wildman–Crippen MR) is 143 cm³/mol. The van der Waals surface area contributed by atoms with Crippen LogP contribution in [-0.2, 0) is 16.2 Å². The van der Waals surface area contributed by atoms with Crippen LogP contribution in [0.1, 0.15) is 76.0 Å². The fourth-order valence-corrected chi connectivity index (χ4v) is 6.10. The summed E-state index contributed by atoms with van der Waals surface area (Å²) in [5, 5.41) is 4.13. The summed E-state index contributed by atoms with van der Waals surface area (Å²) < 4.78 is 6.34. The van der Waals surface area contributed by atoms with E-state index in [0.717, 1.165) is 35.4 Å². The molecule has 36 heavy (non-hydrogen) atoms. The number of carbonyl (C=O) groups excluding carboxylic acids is 2. The Bertz CT molecular complexity index is 1260. The number of aryl methyl sites for hydroxylation is 1. The van der Waals surface area contributed by atoms with Gasteiger partial charge in [-0.2, -0.15) is 0 Å². The molecule has 0 spiro atoms. The molecule has 4 nitrogen and oxygen atoms in total. The Morgan fingerprint density at radius 3 is 1.97 bits per heavy atom. The van der Waals surface area contributed by atoms with E-state index in [4.69, 9.17) is 16.3 Å². The molecule has 188 valence electrons. The van der Waals surface area contributed by atoms with Crippen LogP contribution < -0.4 is 10.1 Å². The average Bonchev–Trinajstić information content (AvgIpc) is 2.76. The van der Waals surface area contributed by atoms with Crippen LogP contribution in [0.15, 0.2) is 65.0 Å². The maximum atomic E-state index is 13.6. The lowest BCUT2D eigenvalue weighted by molar-refractivity contribution is -0.119. The van der Waals surface area contributed by atoms with E-state index in [1.54, 1.807) is 6.07 Å². The van der Waals surface area contributed by atoms with Crippen LogP contribution in [0.5, 0.6) is 5.75 Å². The Hall–Kier alpha value is -2.85. The Kier molecular flexibility index (Phi) is 6.15. The summed E-state index contributed by atoms with van der Waals surface area (Å²) in [6.45, 7) is 10.9. The first kappa shape index (κ1) is 24.8. The lowest BCUT2D eigenvalue weighted by atomic mass is 9.64. The topological polar surface area (TPSA) is 55.4 Å². The number of ketones is 2. The molecule has 1 aliphatic heterocycles. The number of rotatable bonds is 4. The Balaban J connectivity index is 1.63. The van der Waals surface area contributed by atoms with E-state index in [1.807, 2.05) is 12.1 Å². The Morgan fingerprint density at radius 1 is 0.861 bits per heavy atom. The summed E-state index contributed by atoms with van der Waals surface area (Å²) >= 11 is 6.51. The van der Waals surface area contributed by atoms with Gasteiger partial charge in [0.2, 0.25) is 0 Å². The van der Waals surface area contributed by atoms with E-state index in [1.165, 1.54) is 5.56 Å². The first-order valence-corrected chi connectivity index (χ1v) is 13.1. The number of ether oxygens (including phenoxy) is 1. The summed E-state index contributed by atoms with van der Waals surface area (Å²) in [4.78, 5) is 27.3. The maximum absolute atomic E-state index is 13.6. The lowest BCUT2D eigenvalue weighted by Gasteiger charge is -2.44. The summed E-state index contributed by atoms with van der Waals surface area (Å²) in [7, 11) is 0. The number of nitrogens with one attached hydrogen (secondary N) is 1. The van der Waals surface area contributed by atoms with Crippen molar-refractivity contribution in [3.05, 3.63) is 86.7 Å².